The van der Waals surface area contributed by atoms with E-state index < -0.39 is 10.0 Å². The molecular weight excluding hydrogens is 214 g/mol. The number of nitrogens with zero attached hydrogens (tertiary/aromatic N) is 1. The van der Waals surface area contributed by atoms with Gasteiger partial charge in [0.15, 0.2) is 5.03 Å². The monoisotopic (exact) mass is 229 g/mol. The van der Waals surface area contributed by atoms with Gasteiger partial charge in [-0.1, -0.05) is 6.92 Å². The molecule has 0 radical (unpaired) electrons. The third-order valence-electron chi connectivity index (χ3n) is 2.78. The third kappa shape index (κ3) is 2.57. The van der Waals surface area contributed by atoms with Gasteiger partial charge in [-0.3, -0.25) is 0 Å². The Hall–Kier alpha value is -0.880. The lowest BCUT2D eigenvalue weighted by atomic mass is 10.1. The molecule has 1 atom stereocenters. The molecule has 1 aromatic rings. The third-order valence-corrected chi connectivity index (χ3v) is 4.13. The lowest BCUT2D eigenvalue weighted by Gasteiger charge is -2.10. The fraction of sp³-hybridized carbons (Fsp3) is 0.667. The van der Waals surface area contributed by atoms with Crippen molar-refractivity contribution >= 4 is 10.0 Å². The maximum Gasteiger partial charge on any atom is 0.257 e. The molecule has 5 nitrogen and oxygen atoms in total. The molecule has 2 rings (SSSR count). The number of imidazole rings is 1. The minimum Gasteiger partial charge on any atom is -0.335 e. The van der Waals surface area contributed by atoms with Gasteiger partial charge in [-0.25, -0.2) is 18.1 Å². The van der Waals surface area contributed by atoms with Crippen LogP contribution < -0.4 is 4.72 Å². The Labute approximate surface area is 89.4 Å². The number of hydrogen-bond acceptors (Lipinski definition) is 3. The van der Waals surface area contributed by atoms with E-state index in [-0.39, 0.29) is 5.03 Å². The molecule has 6 heteroatoms. The minimum absolute atomic E-state index is 0.130. The van der Waals surface area contributed by atoms with Gasteiger partial charge >= 0.3 is 0 Å². The summed E-state index contributed by atoms with van der Waals surface area (Å²) in [6.07, 6.45) is 5.13. The second-order valence-electron chi connectivity index (χ2n) is 4.08. The predicted molar refractivity (Wildman–Crippen MR) is 55.7 cm³/mol. The van der Waals surface area contributed by atoms with E-state index in [0.717, 1.165) is 0 Å². The molecule has 1 fully saturated rings. The zero-order valence-corrected chi connectivity index (χ0v) is 9.42. The van der Waals surface area contributed by atoms with Gasteiger partial charge < -0.3 is 4.98 Å². The van der Waals surface area contributed by atoms with Crippen LogP contribution in [-0.2, 0) is 10.0 Å². The molecule has 1 saturated carbocycles. The lowest BCUT2D eigenvalue weighted by Crippen LogP contribution is -2.29. The molecule has 84 valence electrons. The highest BCUT2D eigenvalue weighted by Crippen LogP contribution is 2.36. The van der Waals surface area contributed by atoms with E-state index in [4.69, 9.17) is 0 Å². The van der Waals surface area contributed by atoms with E-state index in [1.165, 1.54) is 25.4 Å². The Balaban J connectivity index is 1.93. The standard InChI is InChI=1S/C9H15N3O2S/c1-7(8-2-3-8)4-12-15(13,14)9-5-10-6-11-9/h5-8,12H,2-4H2,1H3,(H,10,11). The number of rotatable bonds is 5. The highest BCUT2D eigenvalue weighted by molar-refractivity contribution is 7.89. The number of nitrogens with one attached hydrogen (secondary N) is 2. The van der Waals surface area contributed by atoms with E-state index >= 15 is 0 Å². The van der Waals surface area contributed by atoms with Crippen LogP contribution in [0.25, 0.3) is 0 Å². The summed E-state index contributed by atoms with van der Waals surface area (Å²) in [5, 5.41) is 0.130. The Kier molecular flexibility index (Phi) is 2.79. The second-order valence-corrected chi connectivity index (χ2v) is 5.82. The van der Waals surface area contributed by atoms with Crippen molar-refractivity contribution < 1.29 is 8.42 Å². The van der Waals surface area contributed by atoms with Crippen molar-refractivity contribution in [3.8, 4) is 0 Å². The summed E-state index contributed by atoms with van der Waals surface area (Å²) >= 11 is 0. The number of aromatic amines is 1. The van der Waals surface area contributed by atoms with Crippen LogP contribution in [0.4, 0.5) is 0 Å². The minimum atomic E-state index is -3.39. The Morgan fingerprint density at radius 2 is 2.40 bits per heavy atom. The van der Waals surface area contributed by atoms with E-state index in [0.29, 0.717) is 18.4 Å². The molecule has 0 amide bonds. The second kappa shape index (κ2) is 3.94. The smallest absolute Gasteiger partial charge is 0.257 e. The van der Waals surface area contributed by atoms with Crippen molar-refractivity contribution in [1.29, 1.82) is 0 Å². The first kappa shape index (κ1) is 10.6. The average molecular weight is 229 g/mol. The summed E-state index contributed by atoms with van der Waals surface area (Å²) in [6.45, 7) is 2.58. The normalized spacial score (nSPS) is 19.0. The molecule has 2 N–H and O–H groups in total. The summed E-state index contributed by atoms with van der Waals surface area (Å²) in [7, 11) is -3.39. The van der Waals surface area contributed by atoms with Gasteiger partial charge in [-0.2, -0.15) is 0 Å². The summed E-state index contributed by atoms with van der Waals surface area (Å²) < 4.78 is 25.9. The topological polar surface area (TPSA) is 74.8 Å². The molecule has 0 aromatic carbocycles. The Bertz CT molecular complexity index is 409. The van der Waals surface area contributed by atoms with Gasteiger partial charge in [0.1, 0.15) is 0 Å². The predicted octanol–water partition coefficient (Wildman–Crippen LogP) is 0.734. The first-order valence-electron chi connectivity index (χ1n) is 5.07. The number of hydrogen-bond donors (Lipinski definition) is 2. The quantitative estimate of drug-likeness (QED) is 0.781. The van der Waals surface area contributed by atoms with Crippen molar-refractivity contribution in [3.05, 3.63) is 12.5 Å². The van der Waals surface area contributed by atoms with Gasteiger partial charge in [0, 0.05) is 6.54 Å². The molecule has 1 unspecified atom stereocenters. The van der Waals surface area contributed by atoms with E-state index in [2.05, 4.69) is 21.6 Å². The SMILES string of the molecule is CC(CNS(=O)(=O)c1cnc[nH]1)C1CC1. The van der Waals surface area contributed by atoms with Crippen LogP contribution in [0.2, 0.25) is 0 Å². The number of sulfonamides is 1. The van der Waals surface area contributed by atoms with Crippen LogP contribution in [0, 0.1) is 11.8 Å². The van der Waals surface area contributed by atoms with Crippen LogP contribution in [-0.4, -0.2) is 24.9 Å². The summed E-state index contributed by atoms with van der Waals surface area (Å²) in [5.74, 6) is 1.12. The molecule has 1 aliphatic carbocycles. The van der Waals surface area contributed by atoms with E-state index in [1.54, 1.807) is 0 Å². The molecule has 15 heavy (non-hydrogen) atoms. The molecule has 1 aromatic heterocycles. The molecule has 0 spiro atoms. The molecule has 1 aliphatic rings. The maximum atomic E-state index is 11.7. The van der Waals surface area contributed by atoms with Gasteiger partial charge in [0.2, 0.25) is 0 Å². The lowest BCUT2D eigenvalue weighted by molar-refractivity contribution is 0.491. The Morgan fingerprint density at radius 1 is 1.67 bits per heavy atom. The molecule has 0 saturated heterocycles. The maximum absolute atomic E-state index is 11.7. The van der Waals surface area contributed by atoms with Crippen molar-refractivity contribution in [3.63, 3.8) is 0 Å². The zero-order chi connectivity index (χ0) is 10.9. The van der Waals surface area contributed by atoms with Crippen molar-refractivity contribution in [2.45, 2.75) is 24.8 Å². The molecule has 1 heterocycles. The fourth-order valence-corrected chi connectivity index (χ4v) is 2.59. The van der Waals surface area contributed by atoms with Crippen LogP contribution in [0.1, 0.15) is 19.8 Å². The number of H-pyrrole nitrogens is 1. The van der Waals surface area contributed by atoms with Gasteiger partial charge in [0.25, 0.3) is 10.0 Å². The van der Waals surface area contributed by atoms with Gasteiger partial charge in [0.05, 0.1) is 12.5 Å². The molecular formula is C9H15N3O2S. The first-order valence-corrected chi connectivity index (χ1v) is 6.56. The summed E-state index contributed by atoms with van der Waals surface area (Å²) in [4.78, 5) is 6.27. The van der Waals surface area contributed by atoms with E-state index in [1.807, 2.05) is 0 Å². The van der Waals surface area contributed by atoms with Crippen LogP contribution >= 0.6 is 0 Å². The van der Waals surface area contributed by atoms with E-state index in [9.17, 15) is 8.42 Å². The summed E-state index contributed by atoms with van der Waals surface area (Å²) in [6, 6.07) is 0. The van der Waals surface area contributed by atoms with Crippen LogP contribution in [0.15, 0.2) is 17.6 Å². The zero-order valence-electron chi connectivity index (χ0n) is 8.60. The number of aromatic nitrogens is 2. The largest absolute Gasteiger partial charge is 0.335 e. The van der Waals surface area contributed by atoms with Crippen molar-refractivity contribution in [2.24, 2.45) is 11.8 Å². The fourth-order valence-electron chi connectivity index (χ4n) is 1.54. The Morgan fingerprint density at radius 3 is 2.93 bits per heavy atom. The van der Waals surface area contributed by atoms with Gasteiger partial charge in [-0.15, -0.1) is 0 Å². The van der Waals surface area contributed by atoms with Crippen molar-refractivity contribution in [2.75, 3.05) is 6.54 Å². The van der Waals surface area contributed by atoms with Crippen LogP contribution in [0.3, 0.4) is 0 Å². The van der Waals surface area contributed by atoms with Crippen molar-refractivity contribution in [1.82, 2.24) is 14.7 Å². The highest BCUT2D eigenvalue weighted by Gasteiger charge is 2.28. The summed E-state index contributed by atoms with van der Waals surface area (Å²) in [5.41, 5.74) is 0. The average Bonchev–Trinajstić information content (AvgIpc) is 2.89. The van der Waals surface area contributed by atoms with Gasteiger partial charge in [-0.05, 0) is 24.7 Å². The highest BCUT2D eigenvalue weighted by atomic mass is 32.2. The van der Waals surface area contributed by atoms with Crippen LogP contribution in [0.5, 0.6) is 0 Å². The molecule has 0 aliphatic heterocycles. The first-order chi connectivity index (χ1) is 7.09. The molecule has 0 bridgehead atoms.